The number of aromatic nitrogens is 2. The van der Waals surface area contributed by atoms with Crippen molar-refractivity contribution in [2.24, 2.45) is 0 Å². The van der Waals surface area contributed by atoms with Gasteiger partial charge in [0, 0.05) is 35.9 Å². The summed E-state index contributed by atoms with van der Waals surface area (Å²) in [4.78, 5) is 62.8. The molecule has 1 saturated heterocycles. The molecule has 10 nitrogen and oxygen atoms in total. The number of ether oxygens (including phenoxy) is 1. The number of hydrogen-bond donors (Lipinski definition) is 2. The van der Waals surface area contributed by atoms with E-state index in [1.165, 1.54) is 18.2 Å². The van der Waals surface area contributed by atoms with E-state index in [2.05, 4.69) is 15.4 Å². The number of likely N-dealkylation sites (tertiary alicyclic amines) is 1. The molecule has 38 heavy (non-hydrogen) atoms. The first-order chi connectivity index (χ1) is 18.0. The number of nitrogens with one attached hydrogen (secondary N) is 2. The summed E-state index contributed by atoms with van der Waals surface area (Å²) in [7, 11) is 0. The minimum absolute atomic E-state index is 0.158. The maximum atomic E-state index is 14.2. The number of H-pyrrole nitrogens is 1. The monoisotopic (exact) mass is 539 g/mol. The molecule has 1 atom stereocenters. The summed E-state index contributed by atoms with van der Waals surface area (Å²) < 4.78 is 5.38. The van der Waals surface area contributed by atoms with E-state index < -0.39 is 35.0 Å². The molecule has 1 aliphatic rings. The lowest BCUT2D eigenvalue weighted by Gasteiger charge is -2.31. The highest BCUT2D eigenvalue weighted by atomic mass is 35.5. The van der Waals surface area contributed by atoms with Crippen LogP contribution in [0.15, 0.2) is 47.5 Å². The summed E-state index contributed by atoms with van der Waals surface area (Å²) in [5, 5.41) is 1.56. The molecule has 0 spiro atoms. The Balaban J connectivity index is 1.87. The van der Waals surface area contributed by atoms with E-state index >= 15 is 0 Å². The van der Waals surface area contributed by atoms with E-state index in [0.717, 1.165) is 17.9 Å². The zero-order valence-corrected chi connectivity index (χ0v) is 22.5. The van der Waals surface area contributed by atoms with Crippen molar-refractivity contribution >= 4 is 40.4 Å². The van der Waals surface area contributed by atoms with E-state index in [1.54, 1.807) is 57.1 Å². The van der Waals surface area contributed by atoms with Crippen molar-refractivity contribution < 1.29 is 19.1 Å². The van der Waals surface area contributed by atoms with Crippen LogP contribution in [0.25, 0.3) is 10.9 Å². The number of benzene rings is 1. The Bertz CT molecular complexity index is 1430. The molecule has 3 amide bonds. The normalized spacial score (nSPS) is 14.3. The van der Waals surface area contributed by atoms with Gasteiger partial charge < -0.3 is 14.6 Å². The number of aromatic amines is 1. The Morgan fingerprint density at radius 2 is 1.79 bits per heavy atom. The fourth-order valence-electron chi connectivity index (χ4n) is 4.34. The number of rotatable bonds is 4. The van der Waals surface area contributed by atoms with Gasteiger partial charge in [-0.05, 0) is 76.4 Å². The first-order valence-electron chi connectivity index (χ1n) is 12.3. The Labute approximate surface area is 224 Å². The molecule has 2 N–H and O–H groups in total. The summed E-state index contributed by atoms with van der Waals surface area (Å²) in [5.41, 5.74) is 1.43. The van der Waals surface area contributed by atoms with Crippen molar-refractivity contribution in [3.05, 3.63) is 74.8 Å². The molecule has 4 rings (SSSR count). The molecule has 11 heteroatoms. The van der Waals surface area contributed by atoms with Gasteiger partial charge in [0.2, 0.25) is 5.43 Å². The van der Waals surface area contributed by atoms with Crippen LogP contribution in [0, 0.1) is 0 Å². The lowest BCUT2D eigenvalue weighted by atomic mass is 10.0. The van der Waals surface area contributed by atoms with Crippen LogP contribution < -0.4 is 10.9 Å². The van der Waals surface area contributed by atoms with Crippen molar-refractivity contribution in [3.8, 4) is 0 Å². The predicted octanol–water partition coefficient (Wildman–Crippen LogP) is 4.46. The van der Waals surface area contributed by atoms with Crippen LogP contribution in [0.5, 0.6) is 0 Å². The fraction of sp³-hybridized carbons (Fsp3) is 0.370. The SMILES string of the molecule is CC(c1ccncc1)N(NC(=O)OC(C)(C)C)C(=O)c1c(C(=O)N2CCCC2)[nH]c2cc(Cl)ccc2c1=O. The number of hydrazine groups is 1. The van der Waals surface area contributed by atoms with E-state index in [1.807, 2.05) is 0 Å². The largest absolute Gasteiger partial charge is 0.443 e. The molecule has 3 aromatic rings. The third-order valence-electron chi connectivity index (χ3n) is 6.19. The Morgan fingerprint density at radius 3 is 2.42 bits per heavy atom. The molecule has 0 saturated carbocycles. The van der Waals surface area contributed by atoms with Gasteiger partial charge in [-0.1, -0.05) is 11.6 Å². The number of carbonyl (C=O) groups is 3. The zero-order valence-electron chi connectivity index (χ0n) is 21.7. The number of pyridine rings is 2. The van der Waals surface area contributed by atoms with Crippen LogP contribution in [0.1, 0.15) is 73.0 Å². The van der Waals surface area contributed by atoms with Crippen molar-refractivity contribution in [2.75, 3.05) is 13.1 Å². The van der Waals surface area contributed by atoms with Crippen molar-refractivity contribution in [2.45, 2.75) is 52.2 Å². The highest BCUT2D eigenvalue weighted by Crippen LogP contribution is 2.24. The van der Waals surface area contributed by atoms with Crippen LogP contribution in [-0.4, -0.2) is 56.5 Å². The zero-order chi connectivity index (χ0) is 27.6. The van der Waals surface area contributed by atoms with Gasteiger partial charge in [0.15, 0.2) is 0 Å². The average Bonchev–Trinajstić information content (AvgIpc) is 3.40. The van der Waals surface area contributed by atoms with Crippen LogP contribution in [0.4, 0.5) is 4.79 Å². The second-order valence-electron chi connectivity index (χ2n) is 10.1. The number of amides is 3. The number of halogens is 1. The van der Waals surface area contributed by atoms with E-state index in [9.17, 15) is 19.2 Å². The van der Waals surface area contributed by atoms with Crippen molar-refractivity contribution in [3.63, 3.8) is 0 Å². The van der Waals surface area contributed by atoms with Crippen LogP contribution >= 0.6 is 11.6 Å². The van der Waals surface area contributed by atoms with E-state index in [4.69, 9.17) is 16.3 Å². The second-order valence-corrected chi connectivity index (χ2v) is 10.6. The number of carbonyl (C=O) groups excluding carboxylic acids is 3. The number of hydrogen-bond acceptors (Lipinski definition) is 6. The fourth-order valence-corrected chi connectivity index (χ4v) is 4.51. The molecule has 2 aromatic heterocycles. The molecule has 1 fully saturated rings. The lowest BCUT2D eigenvalue weighted by Crippen LogP contribution is -2.50. The van der Waals surface area contributed by atoms with Gasteiger partial charge in [-0.2, -0.15) is 0 Å². The minimum Gasteiger partial charge on any atom is -0.443 e. The second kappa shape index (κ2) is 10.8. The van der Waals surface area contributed by atoms with Gasteiger partial charge >= 0.3 is 6.09 Å². The van der Waals surface area contributed by atoms with Crippen molar-refractivity contribution in [1.29, 1.82) is 0 Å². The van der Waals surface area contributed by atoms with Gasteiger partial charge in [0.05, 0.1) is 11.6 Å². The summed E-state index contributed by atoms with van der Waals surface area (Å²) >= 11 is 6.14. The van der Waals surface area contributed by atoms with E-state index in [-0.39, 0.29) is 16.6 Å². The van der Waals surface area contributed by atoms with Crippen molar-refractivity contribution in [1.82, 2.24) is 25.3 Å². The Kier molecular flexibility index (Phi) is 7.73. The molecule has 200 valence electrons. The maximum Gasteiger partial charge on any atom is 0.426 e. The molecule has 1 unspecified atom stereocenters. The van der Waals surface area contributed by atoms with Gasteiger partial charge in [-0.25, -0.2) is 15.2 Å². The number of fused-ring (bicyclic) bond motifs is 1. The molecular formula is C27H30ClN5O5. The van der Waals surface area contributed by atoms with Gasteiger partial charge in [-0.3, -0.25) is 19.4 Å². The first-order valence-corrected chi connectivity index (χ1v) is 12.7. The third-order valence-corrected chi connectivity index (χ3v) is 6.42. The summed E-state index contributed by atoms with van der Waals surface area (Å²) in [6.45, 7) is 7.78. The standard InChI is InChI=1S/C27H30ClN5O5/c1-16(17-9-11-29-12-10-17)33(31-26(37)38-27(2,3)4)24(35)21-22(25(36)32-13-5-6-14-32)30-20-15-18(28)7-8-19(20)23(21)34/h7-12,15-16H,5-6,13-14H2,1-4H3,(H,30,34)(H,31,37). The Hall–Kier alpha value is -3.92. The van der Waals surface area contributed by atoms with E-state index in [0.29, 0.717) is 29.2 Å². The third kappa shape index (κ3) is 5.80. The summed E-state index contributed by atoms with van der Waals surface area (Å²) in [5.74, 6) is -1.33. The molecule has 0 aliphatic carbocycles. The van der Waals surface area contributed by atoms with Crippen LogP contribution in [-0.2, 0) is 4.74 Å². The summed E-state index contributed by atoms with van der Waals surface area (Å²) in [6.07, 6.45) is 3.87. The van der Waals surface area contributed by atoms with Gasteiger partial charge in [0.1, 0.15) is 16.9 Å². The minimum atomic E-state index is -0.886. The van der Waals surface area contributed by atoms with Gasteiger partial charge in [0.25, 0.3) is 11.8 Å². The molecule has 0 radical (unpaired) electrons. The molecule has 1 aliphatic heterocycles. The smallest absolute Gasteiger partial charge is 0.426 e. The Morgan fingerprint density at radius 1 is 1.13 bits per heavy atom. The molecule has 1 aromatic carbocycles. The van der Waals surface area contributed by atoms with Crippen LogP contribution in [0.3, 0.4) is 0 Å². The summed E-state index contributed by atoms with van der Waals surface area (Å²) in [6, 6.07) is 7.19. The molecule has 0 bridgehead atoms. The topological polar surface area (TPSA) is 125 Å². The highest BCUT2D eigenvalue weighted by Gasteiger charge is 2.34. The quantitative estimate of drug-likeness (QED) is 0.472. The first kappa shape index (κ1) is 27.1. The average molecular weight is 540 g/mol. The molecular weight excluding hydrogens is 510 g/mol. The molecule has 3 heterocycles. The highest BCUT2D eigenvalue weighted by molar-refractivity contribution is 6.31. The maximum absolute atomic E-state index is 14.2. The van der Waals surface area contributed by atoms with Crippen LogP contribution in [0.2, 0.25) is 5.02 Å². The number of nitrogens with zero attached hydrogens (tertiary/aromatic N) is 3. The predicted molar refractivity (Wildman–Crippen MR) is 143 cm³/mol. The van der Waals surface area contributed by atoms with Gasteiger partial charge in [-0.15, -0.1) is 0 Å². The lowest BCUT2D eigenvalue weighted by molar-refractivity contribution is 0.0225.